The summed E-state index contributed by atoms with van der Waals surface area (Å²) in [6, 6.07) is 7.86. The van der Waals surface area contributed by atoms with Crippen LogP contribution >= 0.6 is 11.6 Å². The van der Waals surface area contributed by atoms with Crippen molar-refractivity contribution in [3.05, 3.63) is 29.3 Å². The first-order valence-corrected chi connectivity index (χ1v) is 6.13. The molecule has 0 atom stereocenters. The van der Waals surface area contributed by atoms with E-state index in [1.165, 1.54) is 0 Å². The molecular weight excluding hydrogens is 222 g/mol. The van der Waals surface area contributed by atoms with E-state index in [4.69, 9.17) is 16.3 Å². The Morgan fingerprint density at radius 2 is 1.88 bits per heavy atom. The summed E-state index contributed by atoms with van der Waals surface area (Å²) in [5.41, 5.74) is 1.50. The van der Waals surface area contributed by atoms with Crippen LogP contribution in [0.25, 0.3) is 0 Å². The second-order valence-electron chi connectivity index (χ2n) is 4.78. The van der Waals surface area contributed by atoms with E-state index in [2.05, 4.69) is 12.2 Å². The molecule has 1 aromatic carbocycles. The largest absolute Gasteiger partial charge is 0.384 e. The maximum atomic E-state index is 5.84. The third-order valence-electron chi connectivity index (χ3n) is 3.26. The first kappa shape index (κ1) is 11.7. The molecule has 2 nitrogen and oxygen atoms in total. The van der Waals surface area contributed by atoms with Gasteiger partial charge >= 0.3 is 0 Å². The van der Waals surface area contributed by atoms with Gasteiger partial charge in [0, 0.05) is 30.5 Å². The van der Waals surface area contributed by atoms with Crippen LogP contribution in [0.1, 0.15) is 19.8 Å². The van der Waals surface area contributed by atoms with Gasteiger partial charge < -0.3 is 10.1 Å². The number of rotatable bonds is 3. The summed E-state index contributed by atoms with van der Waals surface area (Å²) in [7, 11) is 0. The maximum absolute atomic E-state index is 5.84. The Bertz CT molecular complexity index is 330. The molecule has 0 aliphatic carbocycles. The van der Waals surface area contributed by atoms with E-state index in [1.807, 2.05) is 24.3 Å². The third kappa shape index (κ3) is 3.13. The highest BCUT2D eigenvalue weighted by Gasteiger charge is 2.26. The van der Waals surface area contributed by atoms with Crippen LogP contribution in [0.3, 0.4) is 0 Å². The zero-order valence-corrected chi connectivity index (χ0v) is 10.4. The molecule has 0 radical (unpaired) electrons. The molecule has 16 heavy (non-hydrogen) atoms. The smallest absolute Gasteiger partial charge is 0.0471 e. The second-order valence-corrected chi connectivity index (χ2v) is 5.22. The van der Waals surface area contributed by atoms with Crippen molar-refractivity contribution in [1.82, 2.24) is 0 Å². The van der Waals surface area contributed by atoms with Gasteiger partial charge in [0.25, 0.3) is 0 Å². The SMILES string of the molecule is CC1(CNc2ccc(Cl)cc2)CCOCC1. The van der Waals surface area contributed by atoms with Gasteiger partial charge in [0.1, 0.15) is 0 Å². The zero-order chi connectivity index (χ0) is 11.4. The van der Waals surface area contributed by atoms with Crippen molar-refractivity contribution >= 4 is 17.3 Å². The van der Waals surface area contributed by atoms with E-state index in [1.54, 1.807) is 0 Å². The summed E-state index contributed by atoms with van der Waals surface area (Å²) in [6.45, 7) is 5.09. The Kier molecular flexibility index (Phi) is 3.72. The minimum atomic E-state index is 0.359. The van der Waals surface area contributed by atoms with Gasteiger partial charge in [-0.05, 0) is 42.5 Å². The van der Waals surface area contributed by atoms with Gasteiger partial charge in [0.15, 0.2) is 0 Å². The Balaban J connectivity index is 1.88. The van der Waals surface area contributed by atoms with E-state index in [-0.39, 0.29) is 0 Å². The van der Waals surface area contributed by atoms with Crippen LogP contribution in [0, 0.1) is 5.41 Å². The normalized spacial score (nSPS) is 19.4. The Morgan fingerprint density at radius 3 is 2.50 bits per heavy atom. The quantitative estimate of drug-likeness (QED) is 0.871. The molecule has 1 aliphatic heterocycles. The highest BCUT2D eigenvalue weighted by atomic mass is 35.5. The van der Waals surface area contributed by atoms with Crippen LogP contribution in [0.15, 0.2) is 24.3 Å². The topological polar surface area (TPSA) is 21.3 Å². The second kappa shape index (κ2) is 5.07. The van der Waals surface area contributed by atoms with Crippen molar-refractivity contribution in [1.29, 1.82) is 0 Å². The molecule has 3 heteroatoms. The summed E-state index contributed by atoms with van der Waals surface area (Å²) in [4.78, 5) is 0. The lowest BCUT2D eigenvalue weighted by Gasteiger charge is -2.33. The number of halogens is 1. The number of ether oxygens (including phenoxy) is 1. The maximum Gasteiger partial charge on any atom is 0.0471 e. The fourth-order valence-electron chi connectivity index (χ4n) is 1.92. The van der Waals surface area contributed by atoms with E-state index < -0.39 is 0 Å². The number of nitrogens with one attached hydrogen (secondary N) is 1. The molecular formula is C13H18ClNO. The molecule has 1 fully saturated rings. The molecule has 0 amide bonds. The van der Waals surface area contributed by atoms with E-state index >= 15 is 0 Å². The molecule has 0 unspecified atom stereocenters. The number of anilines is 1. The lowest BCUT2D eigenvalue weighted by atomic mass is 9.82. The number of hydrogen-bond donors (Lipinski definition) is 1. The summed E-state index contributed by atoms with van der Waals surface area (Å²) in [6.07, 6.45) is 2.27. The van der Waals surface area contributed by atoms with Gasteiger partial charge in [-0.15, -0.1) is 0 Å². The summed E-state index contributed by atoms with van der Waals surface area (Å²) >= 11 is 5.84. The summed E-state index contributed by atoms with van der Waals surface area (Å²) in [5.74, 6) is 0. The van der Waals surface area contributed by atoms with E-state index in [9.17, 15) is 0 Å². The molecule has 1 saturated heterocycles. The van der Waals surface area contributed by atoms with Crippen LogP contribution in [-0.4, -0.2) is 19.8 Å². The molecule has 1 N–H and O–H groups in total. The summed E-state index contributed by atoms with van der Waals surface area (Å²) in [5, 5.41) is 4.25. The lowest BCUT2D eigenvalue weighted by Crippen LogP contribution is -2.33. The Hall–Kier alpha value is -0.730. The van der Waals surface area contributed by atoms with Crippen molar-refractivity contribution in [2.75, 3.05) is 25.1 Å². The van der Waals surface area contributed by atoms with Crippen molar-refractivity contribution in [3.8, 4) is 0 Å². The first-order valence-electron chi connectivity index (χ1n) is 5.75. The Morgan fingerprint density at radius 1 is 1.25 bits per heavy atom. The highest BCUT2D eigenvalue weighted by molar-refractivity contribution is 6.30. The molecule has 1 aliphatic rings. The monoisotopic (exact) mass is 239 g/mol. The van der Waals surface area contributed by atoms with Crippen LogP contribution in [0.4, 0.5) is 5.69 Å². The molecule has 1 heterocycles. The van der Waals surface area contributed by atoms with Gasteiger partial charge in [-0.1, -0.05) is 18.5 Å². The zero-order valence-electron chi connectivity index (χ0n) is 9.63. The first-order chi connectivity index (χ1) is 7.68. The van der Waals surface area contributed by atoms with Gasteiger partial charge in [-0.25, -0.2) is 0 Å². The number of hydrogen-bond acceptors (Lipinski definition) is 2. The molecule has 0 aromatic heterocycles. The average Bonchev–Trinajstić information content (AvgIpc) is 2.29. The van der Waals surface area contributed by atoms with Crippen LogP contribution in [0.5, 0.6) is 0 Å². The Labute approximate surface area is 102 Å². The van der Waals surface area contributed by atoms with Crippen molar-refractivity contribution in [2.45, 2.75) is 19.8 Å². The molecule has 0 spiro atoms. The third-order valence-corrected chi connectivity index (χ3v) is 3.52. The molecule has 0 saturated carbocycles. The molecule has 88 valence electrons. The van der Waals surface area contributed by atoms with E-state index in [0.717, 1.165) is 43.3 Å². The number of benzene rings is 1. The molecule has 2 rings (SSSR count). The van der Waals surface area contributed by atoms with Gasteiger partial charge in [0.2, 0.25) is 0 Å². The molecule has 0 bridgehead atoms. The fraction of sp³-hybridized carbons (Fsp3) is 0.538. The van der Waals surface area contributed by atoms with E-state index in [0.29, 0.717) is 5.41 Å². The van der Waals surface area contributed by atoms with Crippen LogP contribution in [0.2, 0.25) is 5.02 Å². The standard InChI is InChI=1S/C13H18ClNO/c1-13(6-8-16-9-7-13)10-15-12-4-2-11(14)3-5-12/h2-5,15H,6-10H2,1H3. The lowest BCUT2D eigenvalue weighted by molar-refractivity contribution is 0.0300. The predicted octanol–water partition coefficient (Wildman–Crippen LogP) is 3.57. The minimum Gasteiger partial charge on any atom is -0.384 e. The van der Waals surface area contributed by atoms with Crippen molar-refractivity contribution in [3.63, 3.8) is 0 Å². The fourth-order valence-corrected chi connectivity index (χ4v) is 2.05. The average molecular weight is 240 g/mol. The van der Waals surface area contributed by atoms with Crippen LogP contribution in [-0.2, 0) is 4.74 Å². The van der Waals surface area contributed by atoms with Gasteiger partial charge in [-0.3, -0.25) is 0 Å². The van der Waals surface area contributed by atoms with Gasteiger partial charge in [0.05, 0.1) is 0 Å². The predicted molar refractivity (Wildman–Crippen MR) is 68.1 cm³/mol. The van der Waals surface area contributed by atoms with Crippen molar-refractivity contribution in [2.24, 2.45) is 5.41 Å². The minimum absolute atomic E-state index is 0.359. The highest BCUT2D eigenvalue weighted by Crippen LogP contribution is 2.30. The van der Waals surface area contributed by atoms with Crippen LogP contribution < -0.4 is 5.32 Å². The van der Waals surface area contributed by atoms with Gasteiger partial charge in [-0.2, -0.15) is 0 Å². The van der Waals surface area contributed by atoms with Crippen molar-refractivity contribution < 1.29 is 4.74 Å². The summed E-state index contributed by atoms with van der Waals surface area (Å²) < 4.78 is 5.39. The molecule has 1 aromatic rings.